The molecule has 0 saturated heterocycles. The highest BCUT2D eigenvalue weighted by Crippen LogP contribution is 2.18. The second-order valence-corrected chi connectivity index (χ2v) is 8.30. The van der Waals surface area contributed by atoms with Gasteiger partial charge in [0.05, 0.1) is 21.8 Å². The van der Waals surface area contributed by atoms with Gasteiger partial charge in [0.15, 0.2) is 16.4 Å². The van der Waals surface area contributed by atoms with Crippen LogP contribution in [0.15, 0.2) is 65.6 Å². The van der Waals surface area contributed by atoms with Gasteiger partial charge in [-0.1, -0.05) is 30.3 Å². The minimum atomic E-state index is -3.61. The number of aromatic nitrogens is 2. The summed E-state index contributed by atoms with van der Waals surface area (Å²) in [6, 6.07) is 16.6. The van der Waals surface area contributed by atoms with Crippen molar-refractivity contribution in [1.29, 1.82) is 0 Å². The first-order valence-electron chi connectivity index (χ1n) is 8.64. The van der Waals surface area contributed by atoms with Crippen LogP contribution in [0.4, 0.5) is 5.82 Å². The normalized spacial score (nSPS) is 11.1. The van der Waals surface area contributed by atoms with E-state index in [0.717, 1.165) is 11.9 Å². The van der Waals surface area contributed by atoms with Crippen molar-refractivity contribution in [2.45, 2.75) is 11.8 Å². The van der Waals surface area contributed by atoms with Crippen LogP contribution in [0.1, 0.15) is 16.1 Å². The first-order chi connectivity index (χ1) is 13.8. The molecule has 0 aliphatic carbocycles. The number of nitrogens with zero attached hydrogens (tertiary/aromatic N) is 2. The van der Waals surface area contributed by atoms with Crippen LogP contribution in [0.25, 0.3) is 5.69 Å². The van der Waals surface area contributed by atoms with E-state index in [0.29, 0.717) is 11.5 Å². The number of nitrogens with one attached hydrogen (secondary N) is 1. The van der Waals surface area contributed by atoms with Crippen LogP contribution in [0.5, 0.6) is 0 Å². The van der Waals surface area contributed by atoms with Crippen molar-refractivity contribution >= 4 is 27.5 Å². The van der Waals surface area contributed by atoms with Gasteiger partial charge >= 0.3 is 5.97 Å². The summed E-state index contributed by atoms with van der Waals surface area (Å²) in [5.74, 6) is -1.05. The Kier molecular flexibility index (Phi) is 5.79. The molecule has 8 nitrogen and oxygen atoms in total. The first-order valence-corrected chi connectivity index (χ1v) is 10.5. The molecule has 3 rings (SSSR count). The van der Waals surface area contributed by atoms with Gasteiger partial charge in [-0.05, 0) is 31.2 Å². The SMILES string of the molecule is Cc1cc(NC(=O)COC(=O)c2ccccc2S(C)(=O)=O)n(-c2ccccc2)n1. The van der Waals surface area contributed by atoms with E-state index in [1.165, 1.54) is 24.3 Å². The Hall–Kier alpha value is -3.46. The summed E-state index contributed by atoms with van der Waals surface area (Å²) < 4.78 is 30.2. The van der Waals surface area contributed by atoms with Crippen molar-refractivity contribution in [2.24, 2.45) is 0 Å². The molecule has 2 aromatic carbocycles. The molecule has 1 amide bonds. The molecule has 29 heavy (non-hydrogen) atoms. The van der Waals surface area contributed by atoms with Gasteiger partial charge in [-0.2, -0.15) is 5.10 Å². The molecular formula is C20H19N3O5S. The predicted octanol–water partition coefficient (Wildman–Crippen LogP) is 2.38. The summed E-state index contributed by atoms with van der Waals surface area (Å²) in [7, 11) is -3.61. The number of hydrogen-bond acceptors (Lipinski definition) is 6. The monoisotopic (exact) mass is 413 g/mol. The molecule has 1 N–H and O–H groups in total. The number of aryl methyl sites for hydroxylation is 1. The Morgan fingerprint density at radius 1 is 1.07 bits per heavy atom. The van der Waals surface area contributed by atoms with Crippen molar-refractivity contribution < 1.29 is 22.7 Å². The summed E-state index contributed by atoms with van der Waals surface area (Å²) in [5, 5.41) is 6.99. The molecule has 0 saturated carbocycles. The number of sulfone groups is 1. The molecule has 1 heterocycles. The van der Waals surface area contributed by atoms with Crippen LogP contribution in [0.3, 0.4) is 0 Å². The minimum Gasteiger partial charge on any atom is -0.452 e. The average molecular weight is 413 g/mol. The van der Waals surface area contributed by atoms with Crippen molar-refractivity contribution in [3.63, 3.8) is 0 Å². The topological polar surface area (TPSA) is 107 Å². The second-order valence-electron chi connectivity index (χ2n) is 6.31. The predicted molar refractivity (Wildman–Crippen MR) is 107 cm³/mol. The Bertz CT molecular complexity index is 1150. The molecule has 0 bridgehead atoms. The van der Waals surface area contributed by atoms with Crippen LogP contribution in [-0.2, 0) is 19.4 Å². The van der Waals surface area contributed by atoms with E-state index in [2.05, 4.69) is 10.4 Å². The van der Waals surface area contributed by atoms with E-state index in [-0.39, 0.29) is 10.5 Å². The molecule has 0 atom stereocenters. The fourth-order valence-electron chi connectivity index (χ4n) is 2.70. The van der Waals surface area contributed by atoms with E-state index < -0.39 is 28.3 Å². The van der Waals surface area contributed by atoms with E-state index >= 15 is 0 Å². The number of carbonyl (C=O) groups excluding carboxylic acids is 2. The van der Waals surface area contributed by atoms with Gasteiger partial charge in [0.2, 0.25) is 0 Å². The molecule has 3 aromatic rings. The number of anilines is 1. The third-order valence-corrected chi connectivity index (χ3v) is 5.10. The van der Waals surface area contributed by atoms with Gasteiger partial charge in [0.25, 0.3) is 5.91 Å². The van der Waals surface area contributed by atoms with Gasteiger partial charge < -0.3 is 10.1 Å². The van der Waals surface area contributed by atoms with Crippen LogP contribution < -0.4 is 5.32 Å². The van der Waals surface area contributed by atoms with Crippen molar-refractivity contribution in [3.8, 4) is 5.69 Å². The average Bonchev–Trinajstić information content (AvgIpc) is 3.06. The lowest BCUT2D eigenvalue weighted by Gasteiger charge is -2.10. The standard InChI is InChI=1S/C20H19N3O5S/c1-14-12-18(23(22-14)15-8-4-3-5-9-15)21-19(24)13-28-20(25)16-10-6-7-11-17(16)29(2,26)27/h3-12H,13H2,1-2H3,(H,21,24). The van der Waals surface area contributed by atoms with Crippen LogP contribution in [0, 0.1) is 6.92 Å². The van der Waals surface area contributed by atoms with Gasteiger partial charge in [0.1, 0.15) is 5.82 Å². The third-order valence-electron chi connectivity index (χ3n) is 3.94. The molecule has 0 aliphatic rings. The summed E-state index contributed by atoms with van der Waals surface area (Å²) in [6.07, 6.45) is 0.999. The fraction of sp³-hybridized carbons (Fsp3) is 0.150. The summed E-state index contributed by atoms with van der Waals surface area (Å²) in [4.78, 5) is 24.4. The highest BCUT2D eigenvalue weighted by molar-refractivity contribution is 7.90. The van der Waals surface area contributed by atoms with Crippen LogP contribution >= 0.6 is 0 Å². The zero-order valence-electron chi connectivity index (χ0n) is 15.8. The molecule has 0 spiro atoms. The maximum Gasteiger partial charge on any atom is 0.339 e. The molecule has 0 aliphatic heterocycles. The smallest absolute Gasteiger partial charge is 0.339 e. The number of hydrogen-bond donors (Lipinski definition) is 1. The number of para-hydroxylation sites is 1. The quantitative estimate of drug-likeness (QED) is 0.622. The number of carbonyl (C=O) groups is 2. The first kappa shape index (κ1) is 20.3. The summed E-state index contributed by atoms with van der Waals surface area (Å²) in [6.45, 7) is 1.22. The van der Waals surface area contributed by atoms with Gasteiger partial charge in [-0.25, -0.2) is 17.9 Å². The van der Waals surface area contributed by atoms with Crippen molar-refractivity contribution in [2.75, 3.05) is 18.2 Å². The lowest BCUT2D eigenvalue weighted by Crippen LogP contribution is -2.23. The van der Waals surface area contributed by atoms with Gasteiger partial charge in [0, 0.05) is 12.3 Å². The summed E-state index contributed by atoms with van der Waals surface area (Å²) in [5.41, 5.74) is 1.34. The second kappa shape index (κ2) is 8.27. The number of benzene rings is 2. The molecule has 150 valence electrons. The Balaban J connectivity index is 1.70. The van der Waals surface area contributed by atoms with Gasteiger partial charge in [-0.15, -0.1) is 0 Å². The third kappa shape index (κ3) is 4.88. The Morgan fingerprint density at radius 3 is 2.41 bits per heavy atom. The Morgan fingerprint density at radius 2 is 1.72 bits per heavy atom. The van der Waals surface area contributed by atoms with E-state index in [1.807, 2.05) is 30.3 Å². The fourth-order valence-corrected chi connectivity index (χ4v) is 3.58. The maximum absolute atomic E-state index is 12.3. The zero-order valence-corrected chi connectivity index (χ0v) is 16.6. The molecule has 0 radical (unpaired) electrons. The molecular weight excluding hydrogens is 394 g/mol. The number of esters is 1. The minimum absolute atomic E-state index is 0.118. The van der Waals surface area contributed by atoms with Crippen molar-refractivity contribution in [1.82, 2.24) is 9.78 Å². The highest BCUT2D eigenvalue weighted by atomic mass is 32.2. The number of rotatable bonds is 6. The van der Waals surface area contributed by atoms with E-state index in [9.17, 15) is 18.0 Å². The zero-order chi connectivity index (χ0) is 21.0. The molecule has 0 fully saturated rings. The van der Waals surface area contributed by atoms with Crippen molar-refractivity contribution in [3.05, 3.63) is 71.9 Å². The van der Waals surface area contributed by atoms with Crippen LogP contribution in [0.2, 0.25) is 0 Å². The van der Waals surface area contributed by atoms with E-state index in [4.69, 9.17) is 4.74 Å². The number of amides is 1. The lowest BCUT2D eigenvalue weighted by molar-refractivity contribution is -0.119. The van der Waals surface area contributed by atoms with Crippen LogP contribution in [-0.4, -0.2) is 42.9 Å². The lowest BCUT2D eigenvalue weighted by atomic mass is 10.2. The van der Waals surface area contributed by atoms with Gasteiger partial charge in [-0.3, -0.25) is 4.79 Å². The molecule has 0 unspecified atom stereocenters. The Labute approximate surface area is 168 Å². The maximum atomic E-state index is 12.3. The van der Waals surface area contributed by atoms with E-state index in [1.54, 1.807) is 17.7 Å². The molecule has 9 heteroatoms. The number of ether oxygens (including phenoxy) is 1. The molecule has 1 aromatic heterocycles. The largest absolute Gasteiger partial charge is 0.452 e. The highest BCUT2D eigenvalue weighted by Gasteiger charge is 2.20. The summed E-state index contributed by atoms with van der Waals surface area (Å²) >= 11 is 0.